The second kappa shape index (κ2) is 8.06. The van der Waals surface area contributed by atoms with Crippen molar-refractivity contribution in [1.29, 1.82) is 0 Å². The fraction of sp³-hybridized carbons (Fsp3) is 0.615. The fourth-order valence-electron chi connectivity index (χ4n) is 1.77. The molecule has 1 N–H and O–H groups in total. The number of nitrogens with zero attached hydrogens (tertiary/aromatic N) is 2. The molecule has 6 nitrogen and oxygen atoms in total. The molecule has 1 heterocycles. The molecule has 0 amide bonds. The van der Waals surface area contributed by atoms with E-state index in [1.54, 1.807) is 6.07 Å². The highest BCUT2D eigenvalue weighted by Gasteiger charge is 2.12. The van der Waals surface area contributed by atoms with Crippen LogP contribution in [-0.4, -0.2) is 50.2 Å². The van der Waals surface area contributed by atoms with Gasteiger partial charge in [0.25, 0.3) is 0 Å². The van der Waals surface area contributed by atoms with Crippen LogP contribution in [-0.2, 0) is 10.0 Å². The van der Waals surface area contributed by atoms with E-state index in [1.807, 2.05) is 26.0 Å². The maximum atomic E-state index is 11.4. The average Bonchev–Trinajstić information content (AvgIpc) is 2.38. The molecule has 0 bridgehead atoms. The summed E-state index contributed by atoms with van der Waals surface area (Å²) >= 11 is 0. The van der Waals surface area contributed by atoms with Crippen molar-refractivity contribution in [3.8, 4) is 5.88 Å². The largest absolute Gasteiger partial charge is 0.478 e. The zero-order chi connectivity index (χ0) is 15.0. The predicted molar refractivity (Wildman–Crippen MR) is 80.6 cm³/mol. The van der Waals surface area contributed by atoms with Crippen molar-refractivity contribution in [3.63, 3.8) is 0 Å². The van der Waals surface area contributed by atoms with Gasteiger partial charge in [-0.1, -0.05) is 13.0 Å². The smallest absolute Gasteiger partial charge is 0.215 e. The number of hydrogen-bond donors (Lipinski definition) is 1. The van der Waals surface area contributed by atoms with Gasteiger partial charge in [0.15, 0.2) is 0 Å². The number of ether oxygens (including phenoxy) is 1. The summed E-state index contributed by atoms with van der Waals surface area (Å²) < 4.78 is 29.6. The standard InChI is InChI=1S/C13H23N3O3S/c1-4-16(20(3,17)18)11-7-10-14-12-8-6-9-13(15-12)19-5-2/h6,8-9H,4-5,7,10-11H2,1-3H3,(H,14,15). The van der Waals surface area contributed by atoms with Crippen molar-refractivity contribution in [2.75, 3.05) is 37.8 Å². The molecule has 1 aromatic heterocycles. The summed E-state index contributed by atoms with van der Waals surface area (Å²) in [6.07, 6.45) is 1.96. The molecule has 0 aromatic carbocycles. The molecule has 0 fully saturated rings. The third kappa shape index (κ3) is 5.75. The molecule has 7 heteroatoms. The third-order valence-corrected chi connectivity index (χ3v) is 4.11. The molecule has 0 unspecified atom stereocenters. The van der Waals surface area contributed by atoms with E-state index in [1.165, 1.54) is 10.6 Å². The first-order chi connectivity index (χ1) is 9.47. The minimum atomic E-state index is -3.10. The zero-order valence-electron chi connectivity index (χ0n) is 12.3. The van der Waals surface area contributed by atoms with Crippen molar-refractivity contribution in [2.45, 2.75) is 20.3 Å². The number of nitrogens with one attached hydrogen (secondary N) is 1. The Balaban J connectivity index is 2.39. The minimum Gasteiger partial charge on any atom is -0.478 e. The van der Waals surface area contributed by atoms with E-state index < -0.39 is 10.0 Å². The Hall–Kier alpha value is -1.34. The molecule has 0 atom stereocenters. The summed E-state index contributed by atoms with van der Waals surface area (Å²) in [6, 6.07) is 5.53. The van der Waals surface area contributed by atoms with Gasteiger partial charge in [-0.25, -0.2) is 12.7 Å². The van der Waals surface area contributed by atoms with Crippen molar-refractivity contribution in [3.05, 3.63) is 18.2 Å². The molecule has 1 rings (SSSR count). The molecule has 0 aliphatic carbocycles. The van der Waals surface area contributed by atoms with Crippen LogP contribution >= 0.6 is 0 Å². The highest BCUT2D eigenvalue weighted by atomic mass is 32.2. The molecule has 1 aromatic rings. The Morgan fingerprint density at radius 1 is 1.35 bits per heavy atom. The maximum absolute atomic E-state index is 11.4. The SMILES string of the molecule is CCOc1cccc(NCCCN(CC)S(C)(=O)=O)n1. The minimum absolute atomic E-state index is 0.497. The van der Waals surface area contributed by atoms with Gasteiger partial charge in [0.05, 0.1) is 12.9 Å². The molecule has 0 radical (unpaired) electrons. The van der Waals surface area contributed by atoms with Crippen molar-refractivity contribution < 1.29 is 13.2 Å². The van der Waals surface area contributed by atoms with Crippen LogP contribution in [0.15, 0.2) is 18.2 Å². The quantitative estimate of drug-likeness (QED) is 0.701. The van der Waals surface area contributed by atoms with Gasteiger partial charge < -0.3 is 10.1 Å². The van der Waals surface area contributed by atoms with Gasteiger partial charge in [0.2, 0.25) is 15.9 Å². The Labute approximate surface area is 121 Å². The van der Waals surface area contributed by atoms with Crippen LogP contribution in [0.25, 0.3) is 0 Å². The van der Waals surface area contributed by atoms with Crippen molar-refractivity contribution in [1.82, 2.24) is 9.29 Å². The van der Waals surface area contributed by atoms with E-state index in [4.69, 9.17) is 4.74 Å². The molecule has 0 aliphatic rings. The number of hydrogen-bond acceptors (Lipinski definition) is 5. The second-order valence-electron chi connectivity index (χ2n) is 4.33. The Morgan fingerprint density at radius 3 is 2.70 bits per heavy atom. The first-order valence-corrected chi connectivity index (χ1v) is 8.61. The lowest BCUT2D eigenvalue weighted by atomic mass is 10.4. The summed E-state index contributed by atoms with van der Waals surface area (Å²) in [7, 11) is -3.10. The second-order valence-corrected chi connectivity index (χ2v) is 6.31. The van der Waals surface area contributed by atoms with Crippen molar-refractivity contribution >= 4 is 15.8 Å². The van der Waals surface area contributed by atoms with Gasteiger partial charge >= 0.3 is 0 Å². The highest BCUT2D eigenvalue weighted by molar-refractivity contribution is 7.88. The predicted octanol–water partition coefficient (Wildman–Crippen LogP) is 1.56. The average molecular weight is 301 g/mol. The highest BCUT2D eigenvalue weighted by Crippen LogP contribution is 2.11. The summed E-state index contributed by atoms with van der Waals surface area (Å²) in [5.74, 6) is 1.32. The van der Waals surface area contributed by atoms with Gasteiger partial charge in [-0.3, -0.25) is 0 Å². The van der Waals surface area contributed by atoms with Crippen LogP contribution in [0, 0.1) is 0 Å². The van der Waals surface area contributed by atoms with E-state index in [-0.39, 0.29) is 0 Å². The topological polar surface area (TPSA) is 71.5 Å². The lowest BCUT2D eigenvalue weighted by Gasteiger charge is -2.17. The van der Waals surface area contributed by atoms with Crippen LogP contribution in [0.3, 0.4) is 0 Å². The van der Waals surface area contributed by atoms with E-state index in [2.05, 4.69) is 10.3 Å². The first kappa shape index (κ1) is 16.7. The number of sulfonamides is 1. The van der Waals surface area contributed by atoms with Crippen LogP contribution in [0.2, 0.25) is 0 Å². The zero-order valence-corrected chi connectivity index (χ0v) is 13.1. The normalized spacial score (nSPS) is 11.6. The molecule has 0 saturated heterocycles. The molecular weight excluding hydrogens is 278 g/mol. The summed E-state index contributed by atoms with van der Waals surface area (Å²) in [5, 5.41) is 3.16. The summed E-state index contributed by atoms with van der Waals surface area (Å²) in [5.41, 5.74) is 0. The third-order valence-electron chi connectivity index (χ3n) is 2.73. The number of rotatable bonds is 9. The van der Waals surface area contributed by atoms with Gasteiger partial charge in [0, 0.05) is 25.7 Å². The van der Waals surface area contributed by atoms with E-state index in [0.717, 1.165) is 12.2 Å². The van der Waals surface area contributed by atoms with Crippen LogP contribution in [0.4, 0.5) is 5.82 Å². The number of aromatic nitrogens is 1. The fourth-order valence-corrected chi connectivity index (χ4v) is 2.70. The molecular formula is C13H23N3O3S. The van der Waals surface area contributed by atoms with Gasteiger partial charge in [0.1, 0.15) is 5.82 Å². The molecule has 0 spiro atoms. The lowest BCUT2D eigenvalue weighted by Crippen LogP contribution is -2.31. The lowest BCUT2D eigenvalue weighted by molar-refractivity contribution is 0.327. The van der Waals surface area contributed by atoms with E-state index in [9.17, 15) is 8.42 Å². The van der Waals surface area contributed by atoms with E-state index in [0.29, 0.717) is 32.1 Å². The molecule has 114 valence electrons. The summed E-state index contributed by atoms with van der Waals surface area (Å²) in [4.78, 5) is 4.28. The van der Waals surface area contributed by atoms with E-state index >= 15 is 0 Å². The van der Waals surface area contributed by atoms with Gasteiger partial charge in [-0.05, 0) is 19.4 Å². The monoisotopic (exact) mass is 301 g/mol. The van der Waals surface area contributed by atoms with Crippen LogP contribution < -0.4 is 10.1 Å². The molecule has 20 heavy (non-hydrogen) atoms. The first-order valence-electron chi connectivity index (χ1n) is 6.76. The van der Waals surface area contributed by atoms with Crippen LogP contribution in [0.1, 0.15) is 20.3 Å². The van der Waals surface area contributed by atoms with Gasteiger partial charge in [-0.15, -0.1) is 0 Å². The van der Waals surface area contributed by atoms with Gasteiger partial charge in [-0.2, -0.15) is 4.98 Å². The maximum Gasteiger partial charge on any atom is 0.215 e. The Kier molecular flexibility index (Phi) is 6.74. The number of pyridine rings is 1. The molecule has 0 saturated carbocycles. The Morgan fingerprint density at radius 2 is 2.10 bits per heavy atom. The summed E-state index contributed by atoms with van der Waals surface area (Å²) in [6.45, 7) is 5.99. The number of anilines is 1. The van der Waals surface area contributed by atoms with Crippen molar-refractivity contribution in [2.24, 2.45) is 0 Å². The Bertz CT molecular complexity index is 505. The van der Waals surface area contributed by atoms with Crippen LogP contribution in [0.5, 0.6) is 5.88 Å². The molecule has 0 aliphatic heterocycles.